The van der Waals surface area contributed by atoms with E-state index in [-0.39, 0.29) is 73.8 Å². The molecular formula is DyLaO8P2. The standard InChI is InChI=1S/Dy.La.2H3O4P/c;;2*1-5(2,3)4/h;;2*(H3,1,2,3,4)/q2*+3;;/p-6. The third kappa shape index (κ3) is 240. The van der Waals surface area contributed by atoms with E-state index in [4.69, 9.17) is 38.5 Å². The van der Waals surface area contributed by atoms with Gasteiger partial charge in [0.25, 0.3) is 0 Å². The Kier molecular flexibility index (Phi) is 20.5. The van der Waals surface area contributed by atoms with Gasteiger partial charge in [-0.1, -0.05) is 0 Å². The average Bonchev–Trinajstić information content (AvgIpc) is 1.12. The molecule has 71 valence electrons. The molecule has 0 saturated carbocycles. The van der Waals surface area contributed by atoms with Crippen LogP contribution < -0.4 is 29.4 Å². The first-order valence-corrected chi connectivity index (χ1v) is 4.38. The van der Waals surface area contributed by atoms with Crippen LogP contribution >= 0.6 is 15.6 Å². The first kappa shape index (κ1) is 24.1. The molecule has 0 aromatic carbocycles. The molecule has 12 heavy (non-hydrogen) atoms. The van der Waals surface area contributed by atoms with Gasteiger partial charge in [0.1, 0.15) is 0 Å². The van der Waals surface area contributed by atoms with Gasteiger partial charge in [0.2, 0.25) is 0 Å². The van der Waals surface area contributed by atoms with Crippen LogP contribution in [0.4, 0.5) is 0 Å². The second-order valence-corrected chi connectivity index (χ2v) is 2.68. The molecule has 0 atom stereocenters. The minimum absolute atomic E-state index is 0. The molecule has 0 rings (SSSR count). The van der Waals surface area contributed by atoms with Crippen molar-refractivity contribution in [3.05, 3.63) is 0 Å². The van der Waals surface area contributed by atoms with E-state index in [1.807, 2.05) is 0 Å². The molecule has 0 amide bonds. The number of phosphoric acid groups is 2. The molecule has 1 radical (unpaired) electrons. The number of hydrogen-bond donors (Lipinski definition) is 0. The van der Waals surface area contributed by atoms with Crippen LogP contribution in [-0.4, -0.2) is 0 Å². The molecular weight excluding hydrogens is 491 g/mol. The predicted molar refractivity (Wildman–Crippen MR) is 15.2 cm³/mol. The van der Waals surface area contributed by atoms with Crippen molar-refractivity contribution in [3.63, 3.8) is 0 Å². The van der Waals surface area contributed by atoms with Gasteiger partial charge in [-0.2, -0.15) is 15.6 Å². The third-order valence-corrected chi connectivity index (χ3v) is 0. The Morgan fingerprint density at radius 1 is 0.667 bits per heavy atom. The van der Waals surface area contributed by atoms with Gasteiger partial charge in [0.05, 0.1) is 0 Å². The van der Waals surface area contributed by atoms with Gasteiger partial charge >= 0.3 is 73.8 Å². The molecule has 0 saturated heterocycles. The number of hydrogen-bond acceptors (Lipinski definition) is 8. The predicted octanol–water partition coefficient (Wildman–Crippen LogP) is -5.65. The van der Waals surface area contributed by atoms with Gasteiger partial charge in [-0.05, 0) is 0 Å². The van der Waals surface area contributed by atoms with Crippen LogP contribution in [0, 0.1) is 73.8 Å². The second-order valence-electron chi connectivity index (χ2n) is 0.894. The van der Waals surface area contributed by atoms with E-state index < -0.39 is 15.6 Å². The van der Waals surface area contributed by atoms with Crippen molar-refractivity contribution in [2.75, 3.05) is 0 Å². The molecule has 0 bridgehead atoms. The molecule has 0 aliphatic carbocycles. The second kappa shape index (κ2) is 10.2. The maximum Gasteiger partial charge on any atom is 3.00 e. The minimum Gasteiger partial charge on any atom is -0.822 e. The van der Waals surface area contributed by atoms with E-state index in [0.717, 1.165) is 0 Å². The smallest absolute Gasteiger partial charge is 0.822 e. The zero-order valence-electron chi connectivity index (χ0n) is 5.05. The van der Waals surface area contributed by atoms with E-state index in [1.165, 1.54) is 0 Å². The average molecular weight is 491 g/mol. The molecule has 0 N–H and O–H groups in total. The molecule has 0 aliphatic heterocycles. The Morgan fingerprint density at radius 2 is 0.667 bits per heavy atom. The third-order valence-electron chi connectivity index (χ3n) is 0. The molecule has 12 heteroatoms. The van der Waals surface area contributed by atoms with E-state index in [9.17, 15) is 0 Å². The Labute approximate surface area is 126 Å². The monoisotopic (exact) mass is 493 g/mol. The van der Waals surface area contributed by atoms with Crippen molar-refractivity contribution in [1.29, 1.82) is 0 Å². The fraction of sp³-hybridized carbons (Fsp3) is 0. The molecule has 8 nitrogen and oxygen atoms in total. The fourth-order valence-corrected chi connectivity index (χ4v) is 0. The van der Waals surface area contributed by atoms with Crippen molar-refractivity contribution in [2.24, 2.45) is 0 Å². The van der Waals surface area contributed by atoms with Crippen LogP contribution in [0.1, 0.15) is 0 Å². The molecule has 0 heterocycles. The van der Waals surface area contributed by atoms with Gasteiger partial charge in [-0.25, -0.2) is 0 Å². The SMILES string of the molecule is O=P([O-])([O-])[O-].O=P([O-])([O-])[O-].[Dy+3].[La+3]. The van der Waals surface area contributed by atoms with Gasteiger partial charge in [-0.3, -0.25) is 0 Å². The van der Waals surface area contributed by atoms with E-state index in [1.54, 1.807) is 0 Å². The Balaban J connectivity index is -0.0000000457. The normalized spacial score (nSPS) is 9.83. The van der Waals surface area contributed by atoms with E-state index in [0.29, 0.717) is 0 Å². The summed E-state index contributed by atoms with van der Waals surface area (Å²) in [6.45, 7) is 0. The van der Waals surface area contributed by atoms with Crippen molar-refractivity contribution in [1.82, 2.24) is 0 Å². The van der Waals surface area contributed by atoms with Crippen LogP contribution in [0.3, 0.4) is 0 Å². The largest absolute Gasteiger partial charge is 3.00 e. The summed E-state index contributed by atoms with van der Waals surface area (Å²) in [5.74, 6) is 0. The zero-order chi connectivity index (χ0) is 9.00. The van der Waals surface area contributed by atoms with Crippen molar-refractivity contribution in [2.45, 2.75) is 0 Å². The van der Waals surface area contributed by atoms with Gasteiger partial charge in [-0.15, -0.1) is 0 Å². The van der Waals surface area contributed by atoms with Crippen LogP contribution in [0.2, 0.25) is 0 Å². The molecule has 0 fully saturated rings. The van der Waals surface area contributed by atoms with Crippen LogP contribution in [-0.2, 0) is 9.13 Å². The summed E-state index contributed by atoms with van der Waals surface area (Å²) in [7, 11) is -10.8. The van der Waals surface area contributed by atoms with E-state index >= 15 is 0 Å². The molecule has 0 unspecified atom stereocenters. The summed E-state index contributed by atoms with van der Waals surface area (Å²) >= 11 is 0. The molecule has 0 aromatic heterocycles. The summed E-state index contributed by atoms with van der Waals surface area (Å²) in [4.78, 5) is 51.3. The van der Waals surface area contributed by atoms with Crippen molar-refractivity contribution >= 4 is 15.6 Å². The summed E-state index contributed by atoms with van der Waals surface area (Å²) in [6.07, 6.45) is 0. The summed E-state index contributed by atoms with van der Waals surface area (Å²) in [5, 5.41) is 0. The van der Waals surface area contributed by atoms with Crippen molar-refractivity contribution < 1.29 is 112 Å². The van der Waals surface area contributed by atoms with Gasteiger partial charge < -0.3 is 38.5 Å². The quantitative estimate of drug-likeness (QED) is 0.302. The Bertz CT molecular complexity index is 129. The zero-order valence-corrected chi connectivity index (χ0v) is 12.5. The van der Waals surface area contributed by atoms with Gasteiger partial charge in [0, 0.05) is 0 Å². The topological polar surface area (TPSA) is 172 Å². The molecule has 0 aromatic rings. The fourth-order valence-electron chi connectivity index (χ4n) is 0. The number of rotatable bonds is 0. The van der Waals surface area contributed by atoms with Crippen LogP contribution in [0.15, 0.2) is 0 Å². The maximum atomic E-state index is 8.55. The minimum atomic E-state index is -5.39. The summed E-state index contributed by atoms with van der Waals surface area (Å²) in [5.41, 5.74) is 0. The van der Waals surface area contributed by atoms with E-state index in [2.05, 4.69) is 0 Å². The first-order valence-electron chi connectivity index (χ1n) is 1.46. The van der Waals surface area contributed by atoms with Crippen molar-refractivity contribution in [3.8, 4) is 0 Å². The molecule has 0 aliphatic rings. The maximum absolute atomic E-state index is 8.55. The van der Waals surface area contributed by atoms with Crippen LogP contribution in [0.5, 0.6) is 0 Å². The Morgan fingerprint density at radius 3 is 0.667 bits per heavy atom. The molecule has 0 spiro atoms. The Hall–Kier alpha value is 2.69. The summed E-state index contributed by atoms with van der Waals surface area (Å²) < 4.78 is 17.1. The summed E-state index contributed by atoms with van der Waals surface area (Å²) in [6, 6.07) is 0. The van der Waals surface area contributed by atoms with Gasteiger partial charge in [0.15, 0.2) is 0 Å². The first-order chi connectivity index (χ1) is 4.00. The van der Waals surface area contributed by atoms with Crippen LogP contribution in [0.25, 0.3) is 0 Å².